The summed E-state index contributed by atoms with van der Waals surface area (Å²) in [5.74, 6) is 0.811. The third-order valence-corrected chi connectivity index (χ3v) is 4.00. The molecule has 2 rings (SSSR count). The van der Waals surface area contributed by atoms with Gasteiger partial charge < -0.3 is 14.2 Å². The van der Waals surface area contributed by atoms with Crippen LogP contribution in [0.5, 0.6) is 11.5 Å². The summed E-state index contributed by atoms with van der Waals surface area (Å²) in [5, 5.41) is 0. The third kappa shape index (κ3) is 4.51. The maximum atomic E-state index is 11.1. The number of esters is 1. The number of methoxy groups -OCH3 is 2. The molecule has 2 aromatic rings. The number of rotatable bonds is 6. The lowest BCUT2D eigenvalue weighted by atomic mass is 10.2. The number of hydrogen-bond donors (Lipinski definition) is 0. The molecule has 1 heterocycles. The first kappa shape index (κ1) is 16.4. The zero-order valence-electron chi connectivity index (χ0n) is 12.2. The van der Waals surface area contributed by atoms with Crippen molar-refractivity contribution in [2.45, 2.75) is 6.61 Å². The van der Waals surface area contributed by atoms with Crippen LogP contribution in [0, 0.1) is 0 Å². The molecule has 116 valence electrons. The summed E-state index contributed by atoms with van der Waals surface area (Å²) in [5.41, 5.74) is 0.814. The molecule has 6 heteroatoms. The second-order valence-corrected chi connectivity index (χ2v) is 6.06. The molecule has 0 N–H and O–H groups in total. The highest BCUT2D eigenvalue weighted by atomic mass is 35.5. The van der Waals surface area contributed by atoms with Gasteiger partial charge >= 0.3 is 5.97 Å². The number of hydrogen-bond acceptors (Lipinski definition) is 5. The van der Waals surface area contributed by atoms with Gasteiger partial charge in [-0.05, 0) is 35.9 Å². The van der Waals surface area contributed by atoms with Gasteiger partial charge in [-0.2, -0.15) is 0 Å². The first-order chi connectivity index (χ1) is 10.6. The molecule has 0 unspecified atom stereocenters. The number of halogens is 1. The highest BCUT2D eigenvalue weighted by Gasteiger charge is 2.06. The van der Waals surface area contributed by atoms with Crippen molar-refractivity contribution < 1.29 is 19.0 Å². The van der Waals surface area contributed by atoms with Crippen LogP contribution in [0.3, 0.4) is 0 Å². The Morgan fingerprint density at radius 2 is 2.05 bits per heavy atom. The van der Waals surface area contributed by atoms with E-state index in [4.69, 9.17) is 21.1 Å². The van der Waals surface area contributed by atoms with Crippen LogP contribution in [-0.2, 0) is 16.1 Å². The predicted octanol–water partition coefficient (Wildman–Crippen LogP) is 4.18. The van der Waals surface area contributed by atoms with E-state index in [1.807, 2.05) is 18.2 Å². The Labute approximate surface area is 137 Å². The van der Waals surface area contributed by atoms with Crippen LogP contribution in [0.15, 0.2) is 36.4 Å². The summed E-state index contributed by atoms with van der Waals surface area (Å²) >= 11 is 7.36. The number of carbonyl (C=O) groups is 1. The number of thiophene rings is 1. The minimum Gasteiger partial charge on any atom is -0.493 e. The quantitative estimate of drug-likeness (QED) is 0.585. The van der Waals surface area contributed by atoms with E-state index >= 15 is 0 Å². The molecule has 0 saturated heterocycles. The molecule has 22 heavy (non-hydrogen) atoms. The predicted molar refractivity (Wildman–Crippen MR) is 87.7 cm³/mol. The van der Waals surface area contributed by atoms with E-state index in [2.05, 4.69) is 4.74 Å². The van der Waals surface area contributed by atoms with E-state index in [1.165, 1.54) is 24.5 Å². The van der Waals surface area contributed by atoms with Crippen LogP contribution in [0.2, 0.25) is 4.34 Å². The van der Waals surface area contributed by atoms with E-state index in [0.29, 0.717) is 18.1 Å². The zero-order chi connectivity index (χ0) is 15.9. The maximum absolute atomic E-state index is 11.1. The van der Waals surface area contributed by atoms with Gasteiger partial charge in [-0.3, -0.25) is 0 Å². The normalized spacial score (nSPS) is 10.7. The molecule has 0 aliphatic carbocycles. The van der Waals surface area contributed by atoms with Crippen molar-refractivity contribution in [2.75, 3.05) is 14.2 Å². The molecule has 4 nitrogen and oxygen atoms in total. The summed E-state index contributed by atoms with van der Waals surface area (Å²) < 4.78 is 16.3. The molecule has 0 fully saturated rings. The highest BCUT2D eigenvalue weighted by Crippen LogP contribution is 2.30. The molecule has 1 aromatic carbocycles. The molecule has 0 saturated carbocycles. The van der Waals surface area contributed by atoms with Crippen molar-refractivity contribution in [1.29, 1.82) is 0 Å². The SMILES string of the molecule is COC(=O)/C=C/c1ccc(OCc2ccc(Cl)s2)c(OC)c1. The fourth-order valence-electron chi connectivity index (χ4n) is 1.72. The summed E-state index contributed by atoms with van der Waals surface area (Å²) in [4.78, 5) is 12.1. The average Bonchev–Trinajstić information content (AvgIpc) is 2.96. The Morgan fingerprint density at radius 1 is 1.23 bits per heavy atom. The number of ether oxygens (including phenoxy) is 3. The molecular weight excluding hydrogens is 324 g/mol. The molecule has 0 aliphatic rings. The van der Waals surface area contributed by atoms with Crippen molar-refractivity contribution >= 4 is 35.0 Å². The van der Waals surface area contributed by atoms with E-state index in [0.717, 1.165) is 14.8 Å². The topological polar surface area (TPSA) is 44.8 Å². The highest BCUT2D eigenvalue weighted by molar-refractivity contribution is 7.16. The standard InChI is InChI=1S/C16H15ClO4S/c1-19-14-9-11(4-8-16(18)20-2)3-6-13(14)21-10-12-5-7-15(17)22-12/h3-9H,10H2,1-2H3/b8-4+. The Balaban J connectivity index is 2.08. The minimum atomic E-state index is -0.408. The molecular formula is C16H15ClO4S. The van der Waals surface area contributed by atoms with Gasteiger partial charge in [0.15, 0.2) is 11.5 Å². The Morgan fingerprint density at radius 3 is 2.68 bits per heavy atom. The van der Waals surface area contributed by atoms with Gasteiger partial charge in [-0.1, -0.05) is 17.7 Å². The molecule has 0 spiro atoms. The summed E-state index contributed by atoms with van der Waals surface area (Å²) in [6.45, 7) is 0.422. The molecule has 0 atom stereocenters. The fourth-order valence-corrected chi connectivity index (χ4v) is 2.72. The lowest BCUT2D eigenvalue weighted by Gasteiger charge is -2.10. The van der Waals surface area contributed by atoms with Gasteiger partial charge in [0.1, 0.15) is 6.61 Å². The van der Waals surface area contributed by atoms with Gasteiger partial charge in [0.2, 0.25) is 0 Å². The first-order valence-electron chi connectivity index (χ1n) is 6.43. The molecule has 0 radical (unpaired) electrons. The molecule has 0 bridgehead atoms. The van der Waals surface area contributed by atoms with Crippen LogP contribution < -0.4 is 9.47 Å². The Bertz CT molecular complexity index is 679. The van der Waals surface area contributed by atoms with Gasteiger partial charge in [0.25, 0.3) is 0 Å². The van der Waals surface area contributed by atoms with Crippen LogP contribution in [-0.4, -0.2) is 20.2 Å². The lowest BCUT2D eigenvalue weighted by molar-refractivity contribution is -0.134. The van der Waals surface area contributed by atoms with Gasteiger partial charge in [-0.15, -0.1) is 11.3 Å². The van der Waals surface area contributed by atoms with Gasteiger partial charge in [0.05, 0.1) is 18.6 Å². The van der Waals surface area contributed by atoms with E-state index < -0.39 is 5.97 Å². The van der Waals surface area contributed by atoms with E-state index in [1.54, 1.807) is 25.3 Å². The largest absolute Gasteiger partial charge is 0.493 e. The number of benzene rings is 1. The van der Waals surface area contributed by atoms with Crippen LogP contribution in [0.4, 0.5) is 0 Å². The summed E-state index contributed by atoms with van der Waals surface area (Å²) in [7, 11) is 2.90. The maximum Gasteiger partial charge on any atom is 0.330 e. The average molecular weight is 339 g/mol. The monoisotopic (exact) mass is 338 g/mol. The molecule has 1 aromatic heterocycles. The fraction of sp³-hybridized carbons (Fsp3) is 0.188. The molecule has 0 amide bonds. The lowest BCUT2D eigenvalue weighted by Crippen LogP contribution is -1.96. The van der Waals surface area contributed by atoms with Crippen LogP contribution in [0.1, 0.15) is 10.4 Å². The van der Waals surface area contributed by atoms with Crippen LogP contribution >= 0.6 is 22.9 Å². The first-order valence-corrected chi connectivity index (χ1v) is 7.63. The smallest absolute Gasteiger partial charge is 0.330 e. The van der Waals surface area contributed by atoms with Gasteiger partial charge in [0, 0.05) is 11.0 Å². The number of carbonyl (C=O) groups excluding carboxylic acids is 1. The molecule has 0 aliphatic heterocycles. The van der Waals surface area contributed by atoms with Crippen molar-refractivity contribution in [1.82, 2.24) is 0 Å². The second-order valence-electron chi connectivity index (χ2n) is 4.26. The van der Waals surface area contributed by atoms with Crippen molar-refractivity contribution in [3.05, 3.63) is 51.2 Å². The third-order valence-electron chi connectivity index (χ3n) is 2.80. The van der Waals surface area contributed by atoms with E-state index in [9.17, 15) is 4.79 Å². The van der Waals surface area contributed by atoms with Crippen molar-refractivity contribution in [3.8, 4) is 11.5 Å². The second kappa shape index (κ2) is 7.87. The van der Waals surface area contributed by atoms with Crippen LogP contribution in [0.25, 0.3) is 6.08 Å². The van der Waals surface area contributed by atoms with Crippen molar-refractivity contribution in [2.24, 2.45) is 0 Å². The van der Waals surface area contributed by atoms with Crippen molar-refractivity contribution in [3.63, 3.8) is 0 Å². The Kier molecular flexibility index (Phi) is 5.86. The summed E-state index contributed by atoms with van der Waals surface area (Å²) in [6.07, 6.45) is 3.00. The summed E-state index contributed by atoms with van der Waals surface area (Å²) in [6, 6.07) is 9.18. The minimum absolute atomic E-state index is 0.408. The van der Waals surface area contributed by atoms with E-state index in [-0.39, 0.29) is 0 Å². The van der Waals surface area contributed by atoms with Gasteiger partial charge in [-0.25, -0.2) is 4.79 Å². The Hall–Kier alpha value is -1.98. The zero-order valence-corrected chi connectivity index (χ0v) is 13.7.